The van der Waals surface area contributed by atoms with Gasteiger partial charge in [-0.3, -0.25) is 19.7 Å². The number of nitrogens with zero attached hydrogens (tertiary/aromatic N) is 3. The fourth-order valence-electron chi connectivity index (χ4n) is 1.57. The summed E-state index contributed by atoms with van der Waals surface area (Å²) in [4.78, 5) is 24.3. The fraction of sp³-hybridized carbons (Fsp3) is 0.231. The highest BCUT2D eigenvalue weighted by atomic mass is 16.1. The second kappa shape index (κ2) is 5.90. The summed E-state index contributed by atoms with van der Waals surface area (Å²) in [6.45, 7) is 2.21. The number of aryl methyl sites for hydroxylation is 1. The van der Waals surface area contributed by atoms with E-state index in [-0.39, 0.29) is 5.91 Å². The van der Waals surface area contributed by atoms with Gasteiger partial charge in [-0.15, -0.1) is 0 Å². The zero-order valence-electron chi connectivity index (χ0n) is 10.8. The van der Waals surface area contributed by atoms with Crippen LogP contribution in [0, 0.1) is 6.92 Å². The van der Waals surface area contributed by atoms with Crippen LogP contribution in [0.5, 0.6) is 0 Å². The van der Waals surface area contributed by atoms with Crippen LogP contribution in [-0.2, 0) is 6.54 Å². The van der Waals surface area contributed by atoms with E-state index in [0.717, 1.165) is 11.4 Å². The van der Waals surface area contributed by atoms with Crippen molar-refractivity contribution in [3.05, 3.63) is 47.8 Å². The molecule has 19 heavy (non-hydrogen) atoms. The molecule has 0 bridgehead atoms. The van der Waals surface area contributed by atoms with Crippen LogP contribution in [0.3, 0.4) is 0 Å². The lowest BCUT2D eigenvalue weighted by molar-refractivity contribution is 0.0951. The highest BCUT2D eigenvalue weighted by Crippen LogP contribution is 2.12. The molecule has 1 amide bonds. The summed E-state index contributed by atoms with van der Waals surface area (Å²) >= 11 is 0. The van der Waals surface area contributed by atoms with Crippen LogP contribution in [-0.4, -0.2) is 27.9 Å². The van der Waals surface area contributed by atoms with Crippen molar-refractivity contribution in [3.63, 3.8) is 0 Å². The van der Waals surface area contributed by atoms with Gasteiger partial charge in [-0.25, -0.2) is 0 Å². The van der Waals surface area contributed by atoms with E-state index in [9.17, 15) is 4.79 Å². The number of pyridine rings is 1. The molecular formula is C13H15N5O. The molecule has 2 heterocycles. The number of hydrogen-bond acceptors (Lipinski definition) is 5. The minimum Gasteiger partial charge on any atom is -0.386 e. The number of carbonyl (C=O) groups is 1. The minimum atomic E-state index is -0.172. The zero-order chi connectivity index (χ0) is 13.7. The molecule has 2 rings (SSSR count). The van der Waals surface area contributed by atoms with Gasteiger partial charge in [0.1, 0.15) is 0 Å². The van der Waals surface area contributed by atoms with Crippen LogP contribution in [0.2, 0.25) is 0 Å². The first-order valence-corrected chi connectivity index (χ1v) is 5.88. The summed E-state index contributed by atoms with van der Waals surface area (Å²) in [6, 6.07) is 1.67. The summed E-state index contributed by atoms with van der Waals surface area (Å²) < 4.78 is 0. The third-order valence-corrected chi connectivity index (χ3v) is 2.60. The molecular weight excluding hydrogens is 242 g/mol. The lowest BCUT2D eigenvalue weighted by Crippen LogP contribution is -2.24. The normalized spacial score (nSPS) is 10.0. The maximum absolute atomic E-state index is 12.0. The van der Waals surface area contributed by atoms with E-state index in [2.05, 4.69) is 25.6 Å². The number of carbonyl (C=O) groups excluding carboxylic acids is 1. The molecule has 0 atom stereocenters. The standard InChI is InChI=1S/C13H15N5O/c1-9-5-17-10(6-16-9)7-18-13(19)11-3-4-15-8-12(11)14-2/h3-6,8,14H,7H2,1-2H3,(H,18,19). The van der Waals surface area contributed by atoms with Crippen LogP contribution in [0.15, 0.2) is 30.9 Å². The first-order valence-electron chi connectivity index (χ1n) is 5.88. The molecule has 2 aromatic heterocycles. The van der Waals surface area contributed by atoms with Crippen LogP contribution < -0.4 is 10.6 Å². The number of anilines is 1. The third-order valence-electron chi connectivity index (χ3n) is 2.60. The van der Waals surface area contributed by atoms with Gasteiger partial charge >= 0.3 is 0 Å². The third kappa shape index (κ3) is 3.25. The van der Waals surface area contributed by atoms with Gasteiger partial charge in [0.05, 0.1) is 41.6 Å². The molecule has 98 valence electrons. The van der Waals surface area contributed by atoms with Crippen molar-refractivity contribution in [1.29, 1.82) is 0 Å². The number of amides is 1. The van der Waals surface area contributed by atoms with E-state index in [4.69, 9.17) is 0 Å². The Labute approximate surface area is 111 Å². The molecule has 2 N–H and O–H groups in total. The van der Waals surface area contributed by atoms with Gasteiger partial charge in [0.25, 0.3) is 5.91 Å². The molecule has 6 nitrogen and oxygen atoms in total. The Kier molecular flexibility index (Phi) is 4.02. The number of nitrogens with one attached hydrogen (secondary N) is 2. The Morgan fingerprint density at radius 1 is 1.26 bits per heavy atom. The Morgan fingerprint density at radius 3 is 2.79 bits per heavy atom. The lowest BCUT2D eigenvalue weighted by Gasteiger charge is -2.08. The maximum Gasteiger partial charge on any atom is 0.253 e. The van der Waals surface area contributed by atoms with Crippen LogP contribution in [0.4, 0.5) is 5.69 Å². The van der Waals surface area contributed by atoms with Gasteiger partial charge in [0.2, 0.25) is 0 Å². The van der Waals surface area contributed by atoms with Crippen LogP contribution >= 0.6 is 0 Å². The first-order chi connectivity index (χ1) is 9.20. The van der Waals surface area contributed by atoms with Gasteiger partial charge in [-0.05, 0) is 13.0 Å². The smallest absolute Gasteiger partial charge is 0.253 e. The second-order valence-electron chi connectivity index (χ2n) is 4.00. The Balaban J connectivity index is 2.03. The molecule has 0 aliphatic rings. The van der Waals surface area contributed by atoms with Gasteiger partial charge in [-0.2, -0.15) is 0 Å². The first kappa shape index (κ1) is 12.9. The lowest BCUT2D eigenvalue weighted by atomic mass is 10.2. The zero-order valence-corrected chi connectivity index (χ0v) is 10.8. The molecule has 0 fully saturated rings. The molecule has 0 radical (unpaired) electrons. The fourth-order valence-corrected chi connectivity index (χ4v) is 1.57. The largest absolute Gasteiger partial charge is 0.386 e. The number of hydrogen-bond donors (Lipinski definition) is 2. The molecule has 0 aliphatic carbocycles. The quantitative estimate of drug-likeness (QED) is 0.859. The minimum absolute atomic E-state index is 0.172. The summed E-state index contributed by atoms with van der Waals surface area (Å²) in [5, 5.41) is 5.73. The summed E-state index contributed by atoms with van der Waals surface area (Å²) in [7, 11) is 1.75. The average molecular weight is 257 g/mol. The van der Waals surface area contributed by atoms with Gasteiger partial charge in [-0.1, -0.05) is 0 Å². The van der Waals surface area contributed by atoms with Gasteiger partial charge in [0, 0.05) is 19.4 Å². The summed E-state index contributed by atoms with van der Waals surface area (Å²) in [6.07, 6.45) is 6.52. The maximum atomic E-state index is 12.0. The van der Waals surface area contributed by atoms with Crippen molar-refractivity contribution in [2.24, 2.45) is 0 Å². The van der Waals surface area contributed by atoms with E-state index in [0.29, 0.717) is 17.8 Å². The number of aromatic nitrogens is 3. The highest BCUT2D eigenvalue weighted by molar-refractivity contribution is 5.99. The number of rotatable bonds is 4. The van der Waals surface area contributed by atoms with Crippen molar-refractivity contribution in [3.8, 4) is 0 Å². The molecule has 0 aliphatic heterocycles. The molecule has 0 spiro atoms. The molecule has 0 unspecified atom stereocenters. The van der Waals surface area contributed by atoms with Crippen LogP contribution in [0.25, 0.3) is 0 Å². The van der Waals surface area contributed by atoms with E-state index in [1.54, 1.807) is 37.9 Å². The van der Waals surface area contributed by atoms with Gasteiger partial charge < -0.3 is 10.6 Å². The van der Waals surface area contributed by atoms with Crippen molar-refractivity contribution in [2.45, 2.75) is 13.5 Å². The summed E-state index contributed by atoms with van der Waals surface area (Å²) in [5.74, 6) is -0.172. The molecule has 2 aromatic rings. The van der Waals surface area contributed by atoms with E-state index in [1.165, 1.54) is 0 Å². The predicted molar refractivity (Wildman–Crippen MR) is 71.7 cm³/mol. The summed E-state index contributed by atoms with van der Waals surface area (Å²) in [5.41, 5.74) is 2.81. The van der Waals surface area contributed by atoms with E-state index < -0.39 is 0 Å². The van der Waals surface area contributed by atoms with Crippen molar-refractivity contribution >= 4 is 11.6 Å². The Morgan fingerprint density at radius 2 is 2.11 bits per heavy atom. The van der Waals surface area contributed by atoms with Gasteiger partial charge in [0.15, 0.2) is 0 Å². The monoisotopic (exact) mass is 257 g/mol. The molecule has 0 saturated carbocycles. The van der Waals surface area contributed by atoms with Crippen molar-refractivity contribution < 1.29 is 4.79 Å². The van der Waals surface area contributed by atoms with Crippen LogP contribution in [0.1, 0.15) is 21.7 Å². The Hall–Kier alpha value is -2.50. The topological polar surface area (TPSA) is 79.8 Å². The average Bonchev–Trinajstić information content (AvgIpc) is 2.46. The highest BCUT2D eigenvalue weighted by Gasteiger charge is 2.10. The molecule has 6 heteroatoms. The molecule has 0 aromatic carbocycles. The molecule has 0 saturated heterocycles. The second-order valence-corrected chi connectivity index (χ2v) is 4.00. The van der Waals surface area contributed by atoms with E-state index in [1.807, 2.05) is 6.92 Å². The van der Waals surface area contributed by atoms with Crippen molar-refractivity contribution in [1.82, 2.24) is 20.3 Å². The van der Waals surface area contributed by atoms with E-state index >= 15 is 0 Å². The SMILES string of the molecule is CNc1cnccc1C(=O)NCc1cnc(C)cn1. The Bertz CT molecular complexity index is 568. The predicted octanol–water partition coefficient (Wildman–Crippen LogP) is 1.15. The van der Waals surface area contributed by atoms with Crippen molar-refractivity contribution in [2.75, 3.05) is 12.4 Å².